The predicted molar refractivity (Wildman–Crippen MR) is 94.1 cm³/mol. The van der Waals surface area contributed by atoms with Crippen LogP contribution in [0.1, 0.15) is 25.8 Å². The summed E-state index contributed by atoms with van der Waals surface area (Å²) < 4.78 is 13.0. The summed E-state index contributed by atoms with van der Waals surface area (Å²) in [6.45, 7) is 10.2. The summed E-state index contributed by atoms with van der Waals surface area (Å²) in [5.74, 6) is 1.38. The van der Waals surface area contributed by atoms with Crippen molar-refractivity contribution in [1.29, 1.82) is 0 Å². The van der Waals surface area contributed by atoms with Crippen LogP contribution in [0, 0.1) is 11.7 Å². The second-order valence-electron chi connectivity index (χ2n) is 6.23. The molecule has 1 unspecified atom stereocenters. The molecule has 0 spiro atoms. The molecule has 4 nitrogen and oxygen atoms in total. The number of rotatable bonds is 6. The van der Waals surface area contributed by atoms with Crippen LogP contribution in [0.3, 0.4) is 0 Å². The summed E-state index contributed by atoms with van der Waals surface area (Å²) in [6.07, 6.45) is 1.23. The number of halogens is 1. The summed E-state index contributed by atoms with van der Waals surface area (Å²) in [4.78, 5) is 9.39. The van der Waals surface area contributed by atoms with Crippen LogP contribution in [0.25, 0.3) is 0 Å². The van der Waals surface area contributed by atoms with Gasteiger partial charge in [0.15, 0.2) is 5.96 Å². The molecule has 1 heterocycles. The second kappa shape index (κ2) is 8.87. The van der Waals surface area contributed by atoms with E-state index in [4.69, 9.17) is 4.99 Å². The molecule has 0 aromatic heterocycles. The van der Waals surface area contributed by atoms with E-state index in [0.29, 0.717) is 5.92 Å². The first-order valence-corrected chi connectivity index (χ1v) is 8.58. The fourth-order valence-electron chi connectivity index (χ4n) is 2.97. The third-order valence-corrected chi connectivity index (χ3v) is 4.35. The molecule has 1 aromatic rings. The number of likely N-dealkylation sites (tertiary alicyclic amines) is 1. The van der Waals surface area contributed by atoms with Crippen LogP contribution in [0.15, 0.2) is 29.3 Å². The van der Waals surface area contributed by atoms with Crippen LogP contribution in [-0.2, 0) is 6.54 Å². The zero-order valence-corrected chi connectivity index (χ0v) is 14.6. The van der Waals surface area contributed by atoms with Gasteiger partial charge in [0.25, 0.3) is 0 Å². The van der Waals surface area contributed by atoms with E-state index in [-0.39, 0.29) is 5.82 Å². The maximum Gasteiger partial charge on any atom is 0.193 e. The molecule has 0 amide bonds. The summed E-state index contributed by atoms with van der Waals surface area (Å²) in [7, 11) is 2.03. The van der Waals surface area contributed by atoms with E-state index >= 15 is 0 Å². The van der Waals surface area contributed by atoms with E-state index in [1.807, 2.05) is 19.2 Å². The number of nitrogens with one attached hydrogen (secondary N) is 1. The largest absolute Gasteiger partial charge is 0.357 e. The Morgan fingerprint density at radius 3 is 2.70 bits per heavy atom. The Hall–Kier alpha value is -1.62. The first kappa shape index (κ1) is 17.7. The van der Waals surface area contributed by atoms with Crippen molar-refractivity contribution in [2.75, 3.05) is 39.8 Å². The van der Waals surface area contributed by atoms with E-state index in [0.717, 1.165) is 44.2 Å². The standard InChI is InChI=1S/C18H29FN4/c1-4-20-18(21-12-16-10-11-23(5-2)14-16)22(3)13-15-6-8-17(19)9-7-15/h6-9,16H,4-5,10-14H2,1-3H3,(H,20,21). The molecule has 1 N–H and O–H groups in total. The van der Waals surface area contributed by atoms with Crippen molar-refractivity contribution >= 4 is 5.96 Å². The van der Waals surface area contributed by atoms with E-state index in [9.17, 15) is 4.39 Å². The fraction of sp³-hybridized carbons (Fsp3) is 0.611. The smallest absolute Gasteiger partial charge is 0.193 e. The zero-order valence-electron chi connectivity index (χ0n) is 14.6. The van der Waals surface area contributed by atoms with Crippen LogP contribution in [0.2, 0.25) is 0 Å². The van der Waals surface area contributed by atoms with Crippen molar-refractivity contribution in [3.63, 3.8) is 0 Å². The minimum Gasteiger partial charge on any atom is -0.357 e. The Kier molecular flexibility index (Phi) is 6.84. The molecule has 1 aliphatic heterocycles. The van der Waals surface area contributed by atoms with Crippen molar-refractivity contribution in [3.05, 3.63) is 35.6 Å². The number of guanidine groups is 1. The van der Waals surface area contributed by atoms with E-state index in [1.165, 1.54) is 25.1 Å². The lowest BCUT2D eigenvalue weighted by Gasteiger charge is -2.22. The minimum atomic E-state index is -0.196. The third-order valence-electron chi connectivity index (χ3n) is 4.35. The Morgan fingerprint density at radius 1 is 1.35 bits per heavy atom. The van der Waals surface area contributed by atoms with Crippen molar-refractivity contribution in [2.45, 2.75) is 26.8 Å². The molecular formula is C18H29FN4. The predicted octanol–water partition coefficient (Wildman–Crippen LogP) is 2.56. The van der Waals surface area contributed by atoms with Crippen LogP contribution >= 0.6 is 0 Å². The van der Waals surface area contributed by atoms with E-state index in [2.05, 4.69) is 29.0 Å². The highest BCUT2D eigenvalue weighted by atomic mass is 19.1. The van der Waals surface area contributed by atoms with Crippen LogP contribution in [0.4, 0.5) is 4.39 Å². The second-order valence-corrected chi connectivity index (χ2v) is 6.23. The molecule has 1 aliphatic rings. The van der Waals surface area contributed by atoms with Gasteiger partial charge < -0.3 is 15.1 Å². The molecule has 2 rings (SSSR count). The highest BCUT2D eigenvalue weighted by molar-refractivity contribution is 5.79. The van der Waals surface area contributed by atoms with Crippen molar-refractivity contribution < 1.29 is 4.39 Å². The van der Waals surface area contributed by atoms with Gasteiger partial charge in [0, 0.05) is 33.2 Å². The first-order valence-electron chi connectivity index (χ1n) is 8.58. The van der Waals surface area contributed by atoms with E-state index in [1.54, 1.807) is 0 Å². The van der Waals surface area contributed by atoms with Gasteiger partial charge in [-0.1, -0.05) is 19.1 Å². The average molecular weight is 320 g/mol. The number of hydrogen-bond donors (Lipinski definition) is 1. The Labute approximate surface area is 139 Å². The summed E-state index contributed by atoms with van der Waals surface area (Å²) in [5.41, 5.74) is 1.08. The number of hydrogen-bond acceptors (Lipinski definition) is 2. The molecular weight excluding hydrogens is 291 g/mol. The SMILES string of the molecule is CCNC(=NCC1CCN(CC)C1)N(C)Cc1ccc(F)cc1. The van der Waals surface area contributed by atoms with Gasteiger partial charge in [-0.3, -0.25) is 4.99 Å². The normalized spacial score (nSPS) is 19.1. The van der Waals surface area contributed by atoms with Gasteiger partial charge in [-0.15, -0.1) is 0 Å². The molecule has 1 atom stereocenters. The number of benzene rings is 1. The third kappa shape index (κ3) is 5.50. The highest BCUT2D eigenvalue weighted by Gasteiger charge is 2.21. The molecule has 0 saturated carbocycles. The van der Waals surface area contributed by atoms with Crippen molar-refractivity contribution in [2.24, 2.45) is 10.9 Å². The molecule has 1 saturated heterocycles. The fourth-order valence-corrected chi connectivity index (χ4v) is 2.97. The lowest BCUT2D eigenvalue weighted by molar-refractivity contribution is 0.343. The van der Waals surface area contributed by atoms with Crippen LogP contribution in [-0.4, -0.2) is 55.5 Å². The van der Waals surface area contributed by atoms with Crippen molar-refractivity contribution in [3.8, 4) is 0 Å². The Morgan fingerprint density at radius 2 is 2.09 bits per heavy atom. The van der Waals surface area contributed by atoms with Gasteiger partial charge in [0.1, 0.15) is 5.82 Å². The topological polar surface area (TPSA) is 30.9 Å². The van der Waals surface area contributed by atoms with E-state index < -0.39 is 0 Å². The maximum absolute atomic E-state index is 13.0. The molecule has 1 fully saturated rings. The van der Waals surface area contributed by atoms with Crippen LogP contribution in [0.5, 0.6) is 0 Å². The first-order chi connectivity index (χ1) is 11.1. The van der Waals surface area contributed by atoms with Gasteiger partial charge in [0.2, 0.25) is 0 Å². The number of aliphatic imine (C=N–C) groups is 1. The lowest BCUT2D eigenvalue weighted by Crippen LogP contribution is -2.39. The molecule has 0 aliphatic carbocycles. The van der Waals surface area contributed by atoms with Crippen LogP contribution < -0.4 is 5.32 Å². The maximum atomic E-state index is 13.0. The summed E-state index contributed by atoms with van der Waals surface area (Å²) >= 11 is 0. The van der Waals surface area contributed by atoms with Gasteiger partial charge >= 0.3 is 0 Å². The minimum absolute atomic E-state index is 0.196. The average Bonchev–Trinajstić information content (AvgIpc) is 3.01. The van der Waals surface area contributed by atoms with Gasteiger partial charge in [-0.2, -0.15) is 0 Å². The Bertz CT molecular complexity index is 500. The van der Waals surface area contributed by atoms with Gasteiger partial charge in [0.05, 0.1) is 0 Å². The Balaban J connectivity index is 1.93. The van der Waals surface area contributed by atoms with Gasteiger partial charge in [-0.25, -0.2) is 4.39 Å². The molecule has 0 bridgehead atoms. The highest BCUT2D eigenvalue weighted by Crippen LogP contribution is 2.16. The zero-order chi connectivity index (χ0) is 16.7. The molecule has 23 heavy (non-hydrogen) atoms. The summed E-state index contributed by atoms with van der Waals surface area (Å²) in [6, 6.07) is 6.66. The lowest BCUT2D eigenvalue weighted by atomic mass is 10.1. The monoisotopic (exact) mass is 320 g/mol. The summed E-state index contributed by atoms with van der Waals surface area (Å²) in [5, 5.41) is 3.35. The van der Waals surface area contributed by atoms with Gasteiger partial charge in [-0.05, 0) is 50.0 Å². The van der Waals surface area contributed by atoms with Crippen molar-refractivity contribution in [1.82, 2.24) is 15.1 Å². The molecule has 5 heteroatoms. The number of nitrogens with zero attached hydrogens (tertiary/aromatic N) is 3. The molecule has 128 valence electrons. The molecule has 1 aromatic carbocycles. The quantitative estimate of drug-likeness (QED) is 0.645. The molecule has 0 radical (unpaired) electrons.